The molecule has 6 rings (SSSR count). The van der Waals surface area contributed by atoms with E-state index in [1.807, 2.05) is 12.1 Å². The maximum Gasteiger partial charge on any atom is 0.335 e. The van der Waals surface area contributed by atoms with E-state index in [1.165, 1.54) is 24.0 Å². The van der Waals surface area contributed by atoms with Crippen LogP contribution in [0.4, 0.5) is 0 Å². The standard InChI is InChI=1S/C37H50O4/c1-22-14-19-37(32(40)41)21-20-35(6)27(30(37)23(22)2)12-13-29-34(5)17-15-26(24-8-10-25(11-9-24)31(38)39)33(3,4)28(34)16-18-36(29,35)7/h8-12,15,22-23,28-30H,13-14,16-21H2,1-7H3,(H,38,39)(H,40,41)/t22-,23+,28+,29-,30+,34+,35-,36-,37+/m1/s1. The first-order valence-corrected chi connectivity index (χ1v) is 16.1. The normalized spacial score (nSPS) is 44.7. The van der Waals surface area contributed by atoms with Crippen LogP contribution in [0.2, 0.25) is 0 Å². The molecule has 0 bridgehead atoms. The van der Waals surface area contributed by atoms with Crippen molar-refractivity contribution in [3.8, 4) is 0 Å². The van der Waals surface area contributed by atoms with Crippen molar-refractivity contribution in [2.24, 2.45) is 56.7 Å². The lowest BCUT2D eigenvalue weighted by Gasteiger charge is -2.70. The van der Waals surface area contributed by atoms with Gasteiger partial charge < -0.3 is 10.2 Å². The molecule has 4 nitrogen and oxygen atoms in total. The van der Waals surface area contributed by atoms with Crippen LogP contribution < -0.4 is 0 Å². The fourth-order valence-electron chi connectivity index (χ4n) is 11.7. The number of carbonyl (C=O) groups is 2. The van der Waals surface area contributed by atoms with Crippen LogP contribution in [-0.2, 0) is 4.79 Å². The van der Waals surface area contributed by atoms with Crippen molar-refractivity contribution in [3.05, 3.63) is 53.1 Å². The second-order valence-electron chi connectivity index (χ2n) is 16.0. The van der Waals surface area contributed by atoms with Crippen LogP contribution in [0.5, 0.6) is 0 Å². The first-order chi connectivity index (χ1) is 19.1. The van der Waals surface area contributed by atoms with Gasteiger partial charge in [-0.3, -0.25) is 4.79 Å². The molecule has 2 N–H and O–H groups in total. The van der Waals surface area contributed by atoms with Gasteiger partial charge in [-0.25, -0.2) is 4.79 Å². The Morgan fingerprint density at radius 2 is 1.51 bits per heavy atom. The van der Waals surface area contributed by atoms with E-state index in [1.54, 1.807) is 12.1 Å². The smallest absolute Gasteiger partial charge is 0.335 e. The minimum absolute atomic E-state index is 0.0255. The summed E-state index contributed by atoms with van der Waals surface area (Å²) in [5, 5.41) is 20.0. The van der Waals surface area contributed by atoms with E-state index in [0.717, 1.165) is 44.1 Å². The van der Waals surface area contributed by atoms with Crippen LogP contribution in [-0.4, -0.2) is 22.2 Å². The zero-order valence-electron chi connectivity index (χ0n) is 26.2. The Morgan fingerprint density at radius 1 is 0.829 bits per heavy atom. The van der Waals surface area contributed by atoms with Gasteiger partial charge in [0.05, 0.1) is 11.0 Å². The molecular weight excluding hydrogens is 508 g/mol. The number of aliphatic carboxylic acids is 1. The number of hydrogen-bond acceptors (Lipinski definition) is 2. The van der Waals surface area contributed by atoms with E-state index in [4.69, 9.17) is 0 Å². The molecule has 1 aromatic rings. The maximum absolute atomic E-state index is 13.0. The van der Waals surface area contributed by atoms with Crippen LogP contribution in [0, 0.1) is 56.7 Å². The summed E-state index contributed by atoms with van der Waals surface area (Å²) in [6.07, 6.45) is 13.1. The lowest BCUT2D eigenvalue weighted by atomic mass is 9.33. The summed E-state index contributed by atoms with van der Waals surface area (Å²) in [6, 6.07) is 7.46. The zero-order chi connectivity index (χ0) is 29.8. The van der Waals surface area contributed by atoms with Gasteiger partial charge in [-0.15, -0.1) is 0 Å². The SMILES string of the molecule is C[C@H]1[C@H](C)CC[C@]2(C(=O)O)CC[C@]3(C)C(=CC[C@@H]4[C@@]5(C)CC=C(c6ccc(C(=O)O)cc6)C(C)(C)[C@@H]5CC[C@]43C)[C@H]12. The molecule has 41 heavy (non-hydrogen) atoms. The summed E-state index contributed by atoms with van der Waals surface area (Å²) >= 11 is 0. The quantitative estimate of drug-likeness (QED) is 0.363. The summed E-state index contributed by atoms with van der Waals surface area (Å²) in [7, 11) is 0. The average Bonchev–Trinajstić information content (AvgIpc) is 2.90. The number of carboxylic acids is 2. The van der Waals surface area contributed by atoms with Gasteiger partial charge in [0.2, 0.25) is 0 Å². The summed E-state index contributed by atoms with van der Waals surface area (Å²) in [5.41, 5.74) is 4.02. The third-order valence-electron chi connectivity index (χ3n) is 14.4. The molecule has 0 aliphatic heterocycles. The van der Waals surface area contributed by atoms with Crippen LogP contribution in [0.3, 0.4) is 0 Å². The third-order valence-corrected chi connectivity index (χ3v) is 14.4. The Labute approximate surface area is 246 Å². The Hall–Kier alpha value is -2.36. The second-order valence-corrected chi connectivity index (χ2v) is 16.0. The average molecular weight is 559 g/mol. The van der Waals surface area contributed by atoms with Crippen molar-refractivity contribution in [1.82, 2.24) is 0 Å². The van der Waals surface area contributed by atoms with E-state index >= 15 is 0 Å². The van der Waals surface area contributed by atoms with Crippen molar-refractivity contribution in [2.45, 2.75) is 99.8 Å². The van der Waals surface area contributed by atoms with Gasteiger partial charge in [-0.1, -0.05) is 78.3 Å². The lowest BCUT2D eigenvalue weighted by molar-refractivity contribution is -0.179. The van der Waals surface area contributed by atoms with Gasteiger partial charge in [-0.2, -0.15) is 0 Å². The Kier molecular flexibility index (Phi) is 6.36. The monoisotopic (exact) mass is 558 g/mol. The molecule has 9 atom stereocenters. The van der Waals surface area contributed by atoms with Crippen LogP contribution in [0.1, 0.15) is 116 Å². The predicted molar refractivity (Wildman–Crippen MR) is 163 cm³/mol. The van der Waals surface area contributed by atoms with Gasteiger partial charge in [0.25, 0.3) is 0 Å². The van der Waals surface area contributed by atoms with E-state index < -0.39 is 17.4 Å². The first kappa shape index (κ1) is 28.7. The number of benzene rings is 1. The molecule has 3 fully saturated rings. The molecule has 0 saturated heterocycles. The van der Waals surface area contributed by atoms with Gasteiger partial charge in [0, 0.05) is 0 Å². The Morgan fingerprint density at radius 3 is 2.15 bits per heavy atom. The highest BCUT2D eigenvalue weighted by molar-refractivity contribution is 5.88. The highest BCUT2D eigenvalue weighted by atomic mass is 16.4. The van der Waals surface area contributed by atoms with Gasteiger partial charge in [0.1, 0.15) is 0 Å². The van der Waals surface area contributed by atoms with Gasteiger partial charge in [-0.05, 0) is 126 Å². The summed E-state index contributed by atoms with van der Waals surface area (Å²) in [5.74, 6) is 0.727. The van der Waals surface area contributed by atoms with E-state index in [-0.39, 0.29) is 27.6 Å². The molecule has 1 aromatic carbocycles. The van der Waals surface area contributed by atoms with E-state index in [9.17, 15) is 19.8 Å². The van der Waals surface area contributed by atoms with Crippen LogP contribution in [0.25, 0.3) is 5.57 Å². The molecule has 5 aliphatic carbocycles. The molecule has 222 valence electrons. The minimum atomic E-state index is -0.883. The molecule has 0 spiro atoms. The van der Waals surface area contributed by atoms with Crippen molar-refractivity contribution >= 4 is 17.5 Å². The van der Waals surface area contributed by atoms with Crippen LogP contribution in [0.15, 0.2) is 42.0 Å². The predicted octanol–water partition coefficient (Wildman–Crippen LogP) is 9.12. The minimum Gasteiger partial charge on any atom is -0.481 e. The number of fused-ring (bicyclic) bond motifs is 7. The molecule has 0 amide bonds. The van der Waals surface area contributed by atoms with Gasteiger partial charge >= 0.3 is 11.9 Å². The molecule has 0 heterocycles. The number of allylic oxidation sites excluding steroid dienone is 4. The molecule has 0 radical (unpaired) electrons. The fraction of sp³-hybridized carbons (Fsp3) is 0.676. The van der Waals surface area contributed by atoms with Crippen molar-refractivity contribution in [1.29, 1.82) is 0 Å². The molecule has 4 heteroatoms. The highest BCUT2D eigenvalue weighted by Crippen LogP contribution is 2.76. The summed E-state index contributed by atoms with van der Waals surface area (Å²) in [4.78, 5) is 24.4. The molecule has 3 saturated carbocycles. The van der Waals surface area contributed by atoms with Gasteiger partial charge in [0.15, 0.2) is 0 Å². The summed E-state index contributed by atoms with van der Waals surface area (Å²) < 4.78 is 0. The third kappa shape index (κ3) is 3.64. The molecular formula is C37H50O4. The topological polar surface area (TPSA) is 74.6 Å². The first-order valence-electron chi connectivity index (χ1n) is 16.1. The lowest BCUT2D eigenvalue weighted by Crippen LogP contribution is -2.64. The highest BCUT2D eigenvalue weighted by Gasteiger charge is 2.69. The largest absolute Gasteiger partial charge is 0.481 e. The van der Waals surface area contributed by atoms with E-state index in [2.05, 4.69) is 60.6 Å². The van der Waals surface area contributed by atoms with Crippen molar-refractivity contribution in [3.63, 3.8) is 0 Å². The molecule has 0 unspecified atom stereocenters. The fourth-order valence-corrected chi connectivity index (χ4v) is 11.7. The number of aromatic carboxylic acids is 1. The van der Waals surface area contributed by atoms with Crippen molar-refractivity contribution < 1.29 is 19.8 Å². The second kappa shape index (κ2) is 9.07. The van der Waals surface area contributed by atoms with Crippen molar-refractivity contribution in [2.75, 3.05) is 0 Å². The number of carboxylic acid groups (broad SMARTS) is 2. The Bertz CT molecular complexity index is 1330. The molecule has 5 aliphatic rings. The number of hydrogen-bond donors (Lipinski definition) is 2. The Balaban J connectivity index is 1.41. The maximum atomic E-state index is 13.0. The summed E-state index contributed by atoms with van der Waals surface area (Å²) in [6.45, 7) is 17.1. The van der Waals surface area contributed by atoms with E-state index in [0.29, 0.717) is 29.2 Å². The number of rotatable bonds is 3. The zero-order valence-corrected chi connectivity index (χ0v) is 26.2. The van der Waals surface area contributed by atoms with Crippen LogP contribution >= 0.6 is 0 Å². The molecule has 0 aromatic heterocycles.